The first-order valence-electron chi connectivity index (χ1n) is 7.09. The van der Waals surface area contributed by atoms with Crippen molar-refractivity contribution in [1.82, 2.24) is 0 Å². The molecule has 0 aliphatic carbocycles. The number of hydrogen-bond acceptors (Lipinski definition) is 3. The Balaban J connectivity index is 1.78. The Labute approximate surface area is 125 Å². The van der Waals surface area contributed by atoms with Crippen LogP contribution in [0.25, 0.3) is 0 Å². The Bertz CT molecular complexity index is 553. The predicted molar refractivity (Wildman–Crippen MR) is 85.7 cm³/mol. The maximum Gasteiger partial charge on any atom is 0.411 e. The zero-order chi connectivity index (χ0) is 14.9. The topological polar surface area (TPSA) is 50.4 Å². The summed E-state index contributed by atoms with van der Waals surface area (Å²) in [4.78, 5) is 11.3. The molecule has 2 N–H and O–H groups in total. The van der Waals surface area contributed by atoms with Gasteiger partial charge in [0.25, 0.3) is 0 Å². The van der Waals surface area contributed by atoms with Crippen LogP contribution in [0.4, 0.5) is 16.2 Å². The van der Waals surface area contributed by atoms with Gasteiger partial charge in [0.15, 0.2) is 0 Å². The van der Waals surface area contributed by atoms with Crippen LogP contribution in [0.3, 0.4) is 0 Å². The minimum Gasteiger partial charge on any atom is -0.450 e. The van der Waals surface area contributed by atoms with Crippen LogP contribution in [0, 0.1) is 0 Å². The zero-order valence-corrected chi connectivity index (χ0v) is 12.1. The fraction of sp³-hybridized carbons (Fsp3) is 0.235. The fourth-order valence-electron chi connectivity index (χ4n) is 1.95. The summed E-state index contributed by atoms with van der Waals surface area (Å²) in [6.07, 6.45) is 0.547. The molecule has 0 saturated heterocycles. The number of anilines is 2. The van der Waals surface area contributed by atoms with E-state index in [2.05, 4.69) is 22.8 Å². The molecular weight excluding hydrogens is 264 g/mol. The van der Waals surface area contributed by atoms with Gasteiger partial charge < -0.3 is 10.1 Å². The van der Waals surface area contributed by atoms with Crippen LogP contribution in [0.2, 0.25) is 0 Å². The first-order chi connectivity index (χ1) is 10.3. The van der Waals surface area contributed by atoms with Crippen molar-refractivity contribution < 1.29 is 9.53 Å². The first-order valence-corrected chi connectivity index (χ1v) is 7.09. The van der Waals surface area contributed by atoms with Crippen molar-refractivity contribution in [3.8, 4) is 0 Å². The van der Waals surface area contributed by atoms with E-state index >= 15 is 0 Å². The lowest BCUT2D eigenvalue weighted by Crippen LogP contribution is -2.13. The number of ether oxygens (including phenoxy) is 1. The molecule has 2 rings (SSSR count). The van der Waals surface area contributed by atoms with Gasteiger partial charge in [0.1, 0.15) is 0 Å². The molecule has 0 spiro atoms. The normalized spacial score (nSPS) is 9.95. The molecule has 1 amide bonds. The highest BCUT2D eigenvalue weighted by Gasteiger charge is 2.01. The van der Waals surface area contributed by atoms with E-state index in [0.29, 0.717) is 6.61 Å². The van der Waals surface area contributed by atoms with Crippen molar-refractivity contribution in [2.45, 2.75) is 13.3 Å². The second-order valence-corrected chi connectivity index (χ2v) is 4.59. The molecule has 4 nitrogen and oxygen atoms in total. The van der Waals surface area contributed by atoms with E-state index in [4.69, 9.17) is 4.74 Å². The van der Waals surface area contributed by atoms with Crippen LogP contribution in [-0.4, -0.2) is 19.2 Å². The third kappa shape index (κ3) is 5.18. The average Bonchev–Trinajstić information content (AvgIpc) is 2.50. The summed E-state index contributed by atoms with van der Waals surface area (Å²) in [6.45, 7) is 3.01. The van der Waals surface area contributed by atoms with E-state index in [1.807, 2.05) is 42.5 Å². The standard InChI is InChI=1S/C17H20N2O2/c1-2-21-17(20)19-16-10-8-15(9-11-16)18-13-12-14-6-4-3-5-7-14/h3-11,18H,2,12-13H2,1H3,(H,19,20). The first kappa shape index (κ1) is 14.9. The maximum absolute atomic E-state index is 11.3. The maximum atomic E-state index is 11.3. The molecule has 2 aromatic carbocycles. The molecule has 2 aromatic rings. The summed E-state index contributed by atoms with van der Waals surface area (Å²) in [5, 5.41) is 6.02. The number of rotatable bonds is 6. The third-order valence-electron chi connectivity index (χ3n) is 2.99. The number of nitrogens with one attached hydrogen (secondary N) is 2. The van der Waals surface area contributed by atoms with Crippen LogP contribution >= 0.6 is 0 Å². The molecule has 0 aromatic heterocycles. The molecule has 0 radical (unpaired) electrons. The number of carbonyl (C=O) groups is 1. The minimum atomic E-state index is -0.428. The summed E-state index contributed by atoms with van der Waals surface area (Å²) in [7, 11) is 0. The fourth-order valence-corrected chi connectivity index (χ4v) is 1.95. The van der Waals surface area contributed by atoms with Gasteiger partial charge in [-0.15, -0.1) is 0 Å². The van der Waals surface area contributed by atoms with Crippen molar-refractivity contribution in [3.63, 3.8) is 0 Å². The number of amides is 1. The van der Waals surface area contributed by atoms with Crippen molar-refractivity contribution >= 4 is 17.5 Å². The average molecular weight is 284 g/mol. The molecule has 0 heterocycles. The Kier molecular flexibility index (Phi) is 5.64. The van der Waals surface area contributed by atoms with Crippen molar-refractivity contribution in [2.75, 3.05) is 23.8 Å². The zero-order valence-electron chi connectivity index (χ0n) is 12.1. The molecule has 4 heteroatoms. The molecule has 0 aliphatic rings. The van der Waals surface area contributed by atoms with E-state index in [1.54, 1.807) is 6.92 Å². The number of hydrogen-bond donors (Lipinski definition) is 2. The molecule has 21 heavy (non-hydrogen) atoms. The van der Waals surface area contributed by atoms with Crippen molar-refractivity contribution in [3.05, 3.63) is 60.2 Å². The van der Waals surface area contributed by atoms with Gasteiger partial charge in [-0.3, -0.25) is 5.32 Å². The molecule has 0 bridgehead atoms. The third-order valence-corrected chi connectivity index (χ3v) is 2.99. The van der Waals surface area contributed by atoms with E-state index in [0.717, 1.165) is 24.3 Å². The molecule has 110 valence electrons. The number of benzene rings is 2. The summed E-state index contributed by atoms with van der Waals surface area (Å²) >= 11 is 0. The van der Waals surface area contributed by atoms with E-state index < -0.39 is 6.09 Å². The SMILES string of the molecule is CCOC(=O)Nc1ccc(NCCc2ccccc2)cc1. The molecule has 0 saturated carbocycles. The van der Waals surface area contributed by atoms with Crippen LogP contribution in [0.15, 0.2) is 54.6 Å². The van der Waals surface area contributed by atoms with Gasteiger partial charge in [-0.25, -0.2) is 4.79 Å². The smallest absolute Gasteiger partial charge is 0.411 e. The van der Waals surface area contributed by atoms with Crippen LogP contribution in [0.1, 0.15) is 12.5 Å². The summed E-state index contributed by atoms with van der Waals surface area (Å²) in [5.41, 5.74) is 3.06. The van der Waals surface area contributed by atoms with Crippen LogP contribution in [0.5, 0.6) is 0 Å². The van der Waals surface area contributed by atoms with E-state index in [-0.39, 0.29) is 0 Å². The second kappa shape index (κ2) is 7.94. The van der Waals surface area contributed by atoms with Crippen LogP contribution < -0.4 is 10.6 Å². The number of carbonyl (C=O) groups excluding carboxylic acids is 1. The van der Waals surface area contributed by atoms with Gasteiger partial charge in [-0.05, 0) is 43.2 Å². The monoisotopic (exact) mass is 284 g/mol. The molecule has 0 unspecified atom stereocenters. The van der Waals surface area contributed by atoms with Gasteiger partial charge in [0.2, 0.25) is 0 Å². The van der Waals surface area contributed by atoms with Gasteiger partial charge in [-0.1, -0.05) is 30.3 Å². The Morgan fingerprint density at radius 3 is 2.33 bits per heavy atom. The molecule has 0 atom stereocenters. The van der Waals surface area contributed by atoms with Crippen molar-refractivity contribution in [2.24, 2.45) is 0 Å². The van der Waals surface area contributed by atoms with Gasteiger partial charge in [-0.2, -0.15) is 0 Å². The minimum absolute atomic E-state index is 0.366. The molecular formula is C17H20N2O2. The van der Waals surface area contributed by atoms with Gasteiger partial charge in [0, 0.05) is 17.9 Å². The highest BCUT2D eigenvalue weighted by Crippen LogP contribution is 2.14. The highest BCUT2D eigenvalue weighted by molar-refractivity contribution is 5.84. The highest BCUT2D eigenvalue weighted by atomic mass is 16.5. The summed E-state index contributed by atoms with van der Waals surface area (Å²) in [5.74, 6) is 0. The largest absolute Gasteiger partial charge is 0.450 e. The second-order valence-electron chi connectivity index (χ2n) is 4.59. The van der Waals surface area contributed by atoms with E-state index in [1.165, 1.54) is 5.56 Å². The Morgan fingerprint density at radius 2 is 1.67 bits per heavy atom. The lowest BCUT2D eigenvalue weighted by atomic mass is 10.1. The molecule has 0 fully saturated rings. The van der Waals surface area contributed by atoms with Crippen molar-refractivity contribution in [1.29, 1.82) is 0 Å². The Hall–Kier alpha value is -2.49. The van der Waals surface area contributed by atoms with Gasteiger partial charge in [0.05, 0.1) is 6.61 Å². The Morgan fingerprint density at radius 1 is 1.00 bits per heavy atom. The van der Waals surface area contributed by atoms with Crippen LogP contribution in [-0.2, 0) is 11.2 Å². The lowest BCUT2D eigenvalue weighted by Gasteiger charge is -2.08. The summed E-state index contributed by atoms with van der Waals surface area (Å²) < 4.78 is 4.82. The molecule has 0 aliphatic heterocycles. The quantitative estimate of drug-likeness (QED) is 0.845. The van der Waals surface area contributed by atoms with Gasteiger partial charge >= 0.3 is 6.09 Å². The predicted octanol–water partition coefficient (Wildman–Crippen LogP) is 3.91. The summed E-state index contributed by atoms with van der Waals surface area (Å²) in [6, 6.07) is 17.9. The van der Waals surface area contributed by atoms with E-state index in [9.17, 15) is 4.79 Å². The lowest BCUT2D eigenvalue weighted by molar-refractivity contribution is 0.168.